The van der Waals surface area contributed by atoms with Gasteiger partial charge in [-0.05, 0) is 13.3 Å². The van der Waals surface area contributed by atoms with Crippen molar-refractivity contribution < 1.29 is 14.2 Å². The minimum Gasteiger partial charge on any atom is -0.393 e. The van der Waals surface area contributed by atoms with Crippen LogP contribution in [0.2, 0.25) is 0 Å². The van der Waals surface area contributed by atoms with Gasteiger partial charge in [0.1, 0.15) is 0 Å². The highest BCUT2D eigenvalue weighted by Crippen LogP contribution is 1.97. The molecule has 0 aliphatic heterocycles. The standard InChI is InChI=1S/C4H11O3P/c1-4(5)2-3-7-8-6/h4-5H,2-3,8H2,1H3. The van der Waals surface area contributed by atoms with E-state index in [0.717, 1.165) is 0 Å². The van der Waals surface area contributed by atoms with Gasteiger partial charge in [0.25, 0.3) is 0 Å². The van der Waals surface area contributed by atoms with Gasteiger partial charge in [-0.15, -0.1) is 0 Å². The summed E-state index contributed by atoms with van der Waals surface area (Å²) in [5.41, 5.74) is 0. The van der Waals surface area contributed by atoms with Crippen molar-refractivity contribution in [3.63, 3.8) is 0 Å². The summed E-state index contributed by atoms with van der Waals surface area (Å²) in [7, 11) is -1.10. The number of rotatable bonds is 4. The molecule has 0 aliphatic carbocycles. The Kier molecular flexibility index (Phi) is 5.39. The Morgan fingerprint density at radius 3 is 2.88 bits per heavy atom. The second-order valence-electron chi connectivity index (χ2n) is 1.60. The first-order valence-corrected chi connectivity index (χ1v) is 3.45. The molecular formula is C4H11O3P. The molecule has 2 atom stereocenters. The van der Waals surface area contributed by atoms with Crippen molar-refractivity contribution in [2.75, 3.05) is 6.61 Å². The molecule has 4 heteroatoms. The van der Waals surface area contributed by atoms with Gasteiger partial charge in [-0.25, -0.2) is 0 Å². The first-order chi connectivity index (χ1) is 3.77. The van der Waals surface area contributed by atoms with Gasteiger partial charge in [0, 0.05) is 0 Å². The quantitative estimate of drug-likeness (QED) is 0.453. The lowest BCUT2D eigenvalue weighted by Crippen LogP contribution is -2.01. The minimum absolute atomic E-state index is 0.346. The van der Waals surface area contributed by atoms with Crippen LogP contribution in [0.4, 0.5) is 0 Å². The van der Waals surface area contributed by atoms with Gasteiger partial charge in [-0.1, -0.05) is 0 Å². The van der Waals surface area contributed by atoms with Crippen LogP contribution in [0.3, 0.4) is 0 Å². The molecule has 1 N–H and O–H groups in total. The molecule has 8 heavy (non-hydrogen) atoms. The minimum atomic E-state index is -1.10. The molecule has 0 bridgehead atoms. The summed E-state index contributed by atoms with van der Waals surface area (Å²) in [4.78, 5) is 0. The van der Waals surface area contributed by atoms with Gasteiger partial charge in [0.2, 0.25) is 0 Å². The van der Waals surface area contributed by atoms with Gasteiger partial charge in [-0.2, -0.15) is 0 Å². The van der Waals surface area contributed by atoms with Crippen LogP contribution in [0.15, 0.2) is 0 Å². The van der Waals surface area contributed by atoms with Crippen molar-refractivity contribution in [3.05, 3.63) is 0 Å². The van der Waals surface area contributed by atoms with Crippen LogP contribution in [0.25, 0.3) is 0 Å². The number of aliphatic hydroxyl groups excluding tert-OH is 1. The Hall–Kier alpha value is 0.150. The highest BCUT2D eigenvalue weighted by atomic mass is 31.1. The van der Waals surface area contributed by atoms with Crippen molar-refractivity contribution in [1.29, 1.82) is 0 Å². The molecule has 0 spiro atoms. The van der Waals surface area contributed by atoms with E-state index in [4.69, 9.17) is 5.11 Å². The summed E-state index contributed by atoms with van der Waals surface area (Å²) in [5, 5.41) is 8.61. The van der Waals surface area contributed by atoms with E-state index >= 15 is 0 Å². The molecule has 0 fully saturated rings. The fourth-order valence-electron chi connectivity index (χ4n) is 0.287. The largest absolute Gasteiger partial charge is 0.393 e. The van der Waals surface area contributed by atoms with Gasteiger partial charge < -0.3 is 9.63 Å². The van der Waals surface area contributed by atoms with Crippen molar-refractivity contribution in [2.45, 2.75) is 19.4 Å². The molecule has 2 unspecified atom stereocenters. The molecule has 50 valence electrons. The Morgan fingerprint density at radius 2 is 2.50 bits per heavy atom. The van der Waals surface area contributed by atoms with Crippen molar-refractivity contribution in [1.82, 2.24) is 0 Å². The molecule has 0 heterocycles. The van der Waals surface area contributed by atoms with E-state index < -0.39 is 8.69 Å². The Morgan fingerprint density at radius 1 is 1.88 bits per heavy atom. The van der Waals surface area contributed by atoms with Crippen LogP contribution >= 0.6 is 8.69 Å². The fourth-order valence-corrected chi connectivity index (χ4v) is 0.519. The summed E-state index contributed by atoms with van der Waals surface area (Å²) >= 11 is 0. The lowest BCUT2D eigenvalue weighted by molar-refractivity contribution is 0.160. The van der Waals surface area contributed by atoms with Gasteiger partial charge in [-0.3, -0.25) is 4.57 Å². The molecule has 0 aromatic carbocycles. The summed E-state index contributed by atoms with van der Waals surface area (Å²) < 4.78 is 14.2. The lowest BCUT2D eigenvalue weighted by Gasteiger charge is -1.99. The summed E-state index contributed by atoms with van der Waals surface area (Å²) in [6.07, 6.45) is 0.218. The maximum Gasteiger partial charge on any atom is 0.179 e. The molecule has 0 aromatic heterocycles. The second kappa shape index (κ2) is 5.29. The number of hydrogen-bond acceptors (Lipinski definition) is 3. The zero-order chi connectivity index (χ0) is 6.41. The average Bonchev–Trinajstić information content (AvgIpc) is 1.66. The fraction of sp³-hybridized carbons (Fsp3) is 1.00. The maximum atomic E-state index is 9.69. The normalized spacial score (nSPS) is 15.2. The zero-order valence-electron chi connectivity index (χ0n) is 4.83. The third-order valence-corrected chi connectivity index (χ3v) is 1.09. The Labute approximate surface area is 49.9 Å². The van der Waals surface area contributed by atoms with Gasteiger partial charge in [0.05, 0.1) is 12.7 Å². The first kappa shape index (κ1) is 8.15. The molecule has 0 radical (unpaired) electrons. The van der Waals surface area contributed by atoms with E-state index in [2.05, 4.69) is 4.52 Å². The number of aliphatic hydroxyl groups is 1. The van der Waals surface area contributed by atoms with Gasteiger partial charge in [0.15, 0.2) is 8.69 Å². The van der Waals surface area contributed by atoms with Gasteiger partial charge >= 0.3 is 0 Å². The summed E-state index contributed by atoms with van der Waals surface area (Å²) in [5.74, 6) is 0. The summed E-state index contributed by atoms with van der Waals surface area (Å²) in [6.45, 7) is 2.07. The van der Waals surface area contributed by atoms with E-state index in [1.54, 1.807) is 6.92 Å². The topological polar surface area (TPSA) is 46.5 Å². The third-order valence-electron chi connectivity index (χ3n) is 0.722. The van der Waals surface area contributed by atoms with Crippen LogP contribution < -0.4 is 0 Å². The maximum absolute atomic E-state index is 9.69. The lowest BCUT2D eigenvalue weighted by atomic mass is 10.3. The van der Waals surface area contributed by atoms with E-state index in [9.17, 15) is 4.57 Å². The molecular weight excluding hydrogens is 127 g/mol. The Balaban J connectivity index is 2.81. The molecule has 0 aromatic rings. The molecule has 0 saturated heterocycles. The third kappa shape index (κ3) is 6.15. The average molecular weight is 138 g/mol. The van der Waals surface area contributed by atoms with Crippen LogP contribution in [-0.2, 0) is 9.09 Å². The van der Waals surface area contributed by atoms with E-state index in [1.807, 2.05) is 0 Å². The molecule has 0 saturated carbocycles. The van der Waals surface area contributed by atoms with Crippen molar-refractivity contribution in [3.8, 4) is 0 Å². The predicted molar refractivity (Wildman–Crippen MR) is 32.6 cm³/mol. The van der Waals surface area contributed by atoms with Crippen LogP contribution in [0.5, 0.6) is 0 Å². The molecule has 0 aliphatic rings. The Bertz CT molecular complexity index is 64.3. The van der Waals surface area contributed by atoms with Crippen LogP contribution in [0.1, 0.15) is 13.3 Å². The number of hydrogen-bond donors (Lipinski definition) is 1. The van der Waals surface area contributed by atoms with Crippen molar-refractivity contribution in [2.24, 2.45) is 0 Å². The SMILES string of the molecule is CC(O)CCO[PH2]=O. The highest BCUT2D eigenvalue weighted by Gasteiger charge is 1.92. The molecule has 0 amide bonds. The van der Waals surface area contributed by atoms with E-state index in [0.29, 0.717) is 13.0 Å². The van der Waals surface area contributed by atoms with Crippen LogP contribution in [-0.4, -0.2) is 17.8 Å². The second-order valence-corrected chi connectivity index (χ2v) is 2.13. The molecule has 0 rings (SSSR count). The highest BCUT2D eigenvalue weighted by molar-refractivity contribution is 7.17. The first-order valence-electron chi connectivity index (χ1n) is 2.50. The molecule has 3 nitrogen and oxygen atoms in total. The monoisotopic (exact) mass is 138 g/mol. The van der Waals surface area contributed by atoms with E-state index in [-0.39, 0.29) is 6.10 Å². The van der Waals surface area contributed by atoms with E-state index in [1.165, 1.54) is 0 Å². The smallest absolute Gasteiger partial charge is 0.179 e. The summed E-state index contributed by atoms with van der Waals surface area (Å²) in [6, 6.07) is 0. The van der Waals surface area contributed by atoms with Crippen LogP contribution in [0, 0.1) is 0 Å². The van der Waals surface area contributed by atoms with Crippen molar-refractivity contribution >= 4 is 8.69 Å². The zero-order valence-corrected chi connectivity index (χ0v) is 5.99. The predicted octanol–water partition coefficient (Wildman–Crippen LogP) is 0.445.